The minimum Gasteiger partial charge on any atom is -0.478 e. The number of rotatable bonds is 7. The fourth-order valence-corrected chi connectivity index (χ4v) is 2.59. The molecular weight excluding hydrogens is 280 g/mol. The number of benzene rings is 2. The number of hydrogen-bond acceptors (Lipinski definition) is 3. The van der Waals surface area contributed by atoms with Crippen molar-refractivity contribution in [2.45, 2.75) is 17.9 Å². The molecule has 0 radical (unpaired) electrons. The van der Waals surface area contributed by atoms with Gasteiger partial charge in [-0.05, 0) is 41.1 Å². The molecule has 0 aliphatic heterocycles. The van der Waals surface area contributed by atoms with E-state index < -0.39 is 6.10 Å². The third kappa shape index (κ3) is 4.23. The van der Waals surface area contributed by atoms with Gasteiger partial charge < -0.3 is 4.74 Å². The van der Waals surface area contributed by atoms with Gasteiger partial charge in [-0.2, -0.15) is 0 Å². The fourth-order valence-electron chi connectivity index (χ4n) is 1.92. The maximum absolute atomic E-state index is 11.3. The molecule has 0 fully saturated rings. The monoisotopic (exact) mass is 298 g/mol. The molecule has 0 amide bonds. The Balaban J connectivity index is 2.11. The van der Waals surface area contributed by atoms with Crippen LogP contribution in [0.15, 0.2) is 60.0 Å². The van der Waals surface area contributed by atoms with Crippen molar-refractivity contribution in [1.82, 2.24) is 0 Å². The summed E-state index contributed by atoms with van der Waals surface area (Å²) in [5.41, 5.74) is 1.88. The van der Waals surface area contributed by atoms with Crippen LogP contribution in [-0.2, 0) is 4.79 Å². The van der Waals surface area contributed by atoms with Crippen LogP contribution in [0.1, 0.15) is 24.2 Å². The summed E-state index contributed by atoms with van der Waals surface area (Å²) in [6.07, 6.45) is 2.01. The molecule has 0 aliphatic rings. The van der Waals surface area contributed by atoms with Crippen LogP contribution in [-0.4, -0.2) is 12.0 Å². The smallest absolute Gasteiger partial charge is 0.179 e. The highest BCUT2D eigenvalue weighted by Gasteiger charge is 2.12. The Labute approximate surface area is 129 Å². The molecule has 21 heavy (non-hydrogen) atoms. The van der Waals surface area contributed by atoms with Crippen molar-refractivity contribution in [3.05, 3.63) is 66.2 Å². The Morgan fingerprint density at radius 1 is 1.14 bits per heavy atom. The second-order valence-corrected chi connectivity index (χ2v) is 5.79. The summed E-state index contributed by atoms with van der Waals surface area (Å²) in [5.74, 6) is 1.70. The van der Waals surface area contributed by atoms with Crippen molar-refractivity contribution in [2.24, 2.45) is 0 Å². The van der Waals surface area contributed by atoms with Gasteiger partial charge in [-0.15, -0.1) is 11.8 Å². The molecule has 2 rings (SSSR count). The zero-order valence-electron chi connectivity index (χ0n) is 12.0. The summed E-state index contributed by atoms with van der Waals surface area (Å²) in [6.45, 7) is 5.82. The molecule has 2 aromatic carbocycles. The second-order valence-electron chi connectivity index (χ2n) is 4.45. The third-order valence-electron chi connectivity index (χ3n) is 3.02. The van der Waals surface area contributed by atoms with E-state index in [0.717, 1.165) is 23.2 Å². The lowest BCUT2D eigenvalue weighted by atomic mass is 10.1. The lowest BCUT2D eigenvalue weighted by molar-refractivity contribution is -0.113. The van der Waals surface area contributed by atoms with Crippen LogP contribution in [0, 0.1) is 0 Å². The quantitative estimate of drug-likeness (QED) is 0.544. The number of aldehydes is 1. The summed E-state index contributed by atoms with van der Waals surface area (Å²) < 4.78 is 5.74. The molecule has 2 aromatic rings. The van der Waals surface area contributed by atoms with E-state index in [-0.39, 0.29) is 0 Å². The van der Waals surface area contributed by atoms with Crippen LogP contribution in [0.4, 0.5) is 0 Å². The molecular formula is C18H18O2S. The lowest BCUT2D eigenvalue weighted by Crippen LogP contribution is -2.08. The van der Waals surface area contributed by atoms with Crippen molar-refractivity contribution in [1.29, 1.82) is 0 Å². The topological polar surface area (TPSA) is 26.3 Å². The van der Waals surface area contributed by atoms with Crippen molar-refractivity contribution in [2.75, 3.05) is 5.75 Å². The zero-order valence-corrected chi connectivity index (χ0v) is 12.8. The van der Waals surface area contributed by atoms with Gasteiger partial charge in [0.05, 0.1) is 0 Å². The Morgan fingerprint density at radius 2 is 1.81 bits per heavy atom. The summed E-state index contributed by atoms with van der Waals surface area (Å²) in [7, 11) is 0. The van der Waals surface area contributed by atoms with Crippen molar-refractivity contribution >= 4 is 24.1 Å². The molecule has 1 atom stereocenters. The van der Waals surface area contributed by atoms with E-state index in [9.17, 15) is 4.79 Å². The molecule has 0 bridgehead atoms. The van der Waals surface area contributed by atoms with Gasteiger partial charge >= 0.3 is 0 Å². The summed E-state index contributed by atoms with van der Waals surface area (Å²) in [6, 6.07) is 15.4. The number of carbonyl (C=O) groups excluding carboxylic acids is 1. The van der Waals surface area contributed by atoms with Crippen LogP contribution in [0.25, 0.3) is 6.08 Å². The summed E-state index contributed by atoms with van der Waals surface area (Å²) >= 11 is 1.77. The van der Waals surface area contributed by atoms with Crippen molar-refractivity contribution < 1.29 is 9.53 Å². The van der Waals surface area contributed by atoms with Crippen LogP contribution in [0.3, 0.4) is 0 Å². The minimum atomic E-state index is -0.583. The lowest BCUT2D eigenvalue weighted by Gasteiger charge is -2.14. The molecule has 0 aliphatic carbocycles. The molecule has 108 valence electrons. The van der Waals surface area contributed by atoms with Gasteiger partial charge in [0.2, 0.25) is 0 Å². The molecule has 0 spiro atoms. The van der Waals surface area contributed by atoms with Crippen LogP contribution in [0.2, 0.25) is 0 Å². The molecule has 2 nitrogen and oxygen atoms in total. The van der Waals surface area contributed by atoms with Gasteiger partial charge in [0, 0.05) is 4.90 Å². The first kappa shape index (κ1) is 15.4. The van der Waals surface area contributed by atoms with Crippen molar-refractivity contribution in [3.8, 4) is 5.75 Å². The predicted molar refractivity (Wildman–Crippen MR) is 88.8 cm³/mol. The van der Waals surface area contributed by atoms with E-state index in [1.165, 1.54) is 4.90 Å². The normalized spacial score (nSPS) is 11.7. The Kier molecular flexibility index (Phi) is 5.64. The first-order valence-electron chi connectivity index (χ1n) is 6.84. The Bertz CT molecular complexity index is 588. The molecule has 0 aromatic heterocycles. The van der Waals surface area contributed by atoms with E-state index in [4.69, 9.17) is 4.74 Å². The first-order valence-corrected chi connectivity index (χ1v) is 7.82. The minimum absolute atomic E-state index is 0.583. The SMILES string of the molecule is C=Cc1ccc(OC(C=O)c2ccc(SCC)cc2)cc1. The van der Waals surface area contributed by atoms with Gasteiger partial charge in [-0.25, -0.2) is 0 Å². The van der Waals surface area contributed by atoms with Crippen molar-refractivity contribution in [3.63, 3.8) is 0 Å². The number of carbonyl (C=O) groups is 1. The number of thioether (sulfide) groups is 1. The second kappa shape index (κ2) is 7.70. The van der Waals surface area contributed by atoms with Gasteiger partial charge in [0.1, 0.15) is 5.75 Å². The number of hydrogen-bond donors (Lipinski definition) is 0. The summed E-state index contributed by atoms with van der Waals surface area (Å²) in [4.78, 5) is 12.5. The van der Waals surface area contributed by atoms with Crippen LogP contribution in [0.5, 0.6) is 5.75 Å². The highest BCUT2D eigenvalue weighted by atomic mass is 32.2. The van der Waals surface area contributed by atoms with Gasteiger partial charge in [0.25, 0.3) is 0 Å². The molecule has 0 heterocycles. The molecule has 1 unspecified atom stereocenters. The molecule has 0 saturated heterocycles. The average molecular weight is 298 g/mol. The largest absolute Gasteiger partial charge is 0.478 e. The van der Waals surface area contributed by atoms with E-state index in [1.54, 1.807) is 17.8 Å². The standard InChI is InChI=1S/C18H18O2S/c1-3-14-5-9-16(10-6-14)20-18(13-19)15-7-11-17(12-8-15)21-4-2/h3,5-13,18H,1,4H2,2H3. The average Bonchev–Trinajstić information content (AvgIpc) is 2.54. The predicted octanol–water partition coefficient (Wildman–Crippen LogP) is 4.76. The molecule has 0 saturated carbocycles. The Morgan fingerprint density at radius 3 is 2.33 bits per heavy atom. The first-order chi connectivity index (χ1) is 10.3. The Hall–Kier alpha value is -2.00. The van der Waals surface area contributed by atoms with E-state index in [1.807, 2.05) is 48.5 Å². The molecule has 3 heteroatoms. The van der Waals surface area contributed by atoms with E-state index >= 15 is 0 Å². The maximum atomic E-state index is 11.3. The van der Waals surface area contributed by atoms with Crippen LogP contribution >= 0.6 is 11.8 Å². The van der Waals surface area contributed by atoms with E-state index in [2.05, 4.69) is 13.5 Å². The molecule has 0 N–H and O–H groups in total. The zero-order chi connectivity index (χ0) is 15.1. The maximum Gasteiger partial charge on any atom is 0.179 e. The third-order valence-corrected chi connectivity index (χ3v) is 3.92. The van der Waals surface area contributed by atoms with E-state index in [0.29, 0.717) is 5.75 Å². The summed E-state index contributed by atoms with van der Waals surface area (Å²) in [5, 5.41) is 0. The van der Waals surface area contributed by atoms with Gasteiger partial charge in [0.15, 0.2) is 12.4 Å². The van der Waals surface area contributed by atoms with Crippen LogP contribution < -0.4 is 4.74 Å². The fraction of sp³-hybridized carbons (Fsp3) is 0.167. The highest BCUT2D eigenvalue weighted by molar-refractivity contribution is 7.99. The number of ether oxygens (including phenoxy) is 1. The van der Waals surface area contributed by atoms with Gasteiger partial charge in [-0.1, -0.05) is 43.8 Å². The van der Waals surface area contributed by atoms with Gasteiger partial charge in [-0.3, -0.25) is 4.79 Å². The highest BCUT2D eigenvalue weighted by Crippen LogP contribution is 2.24.